The van der Waals surface area contributed by atoms with Gasteiger partial charge in [0, 0.05) is 39.3 Å². The minimum Gasteiger partial charge on any atom is -0.379 e. The van der Waals surface area contributed by atoms with Gasteiger partial charge < -0.3 is 30.3 Å². The zero-order valence-corrected chi connectivity index (χ0v) is 30.9. The van der Waals surface area contributed by atoms with Crippen LogP contribution in [0, 0.1) is 17.8 Å². The standard InChI is InChI=1S/C31H58N8O8S/c1-10-20(5)27(38(7)31(43)26(32)19(3)4)24(46-8)18-25(40)39-16-12-14-23(39)28(47-9)21(6)29(41)35-22(11-2)30(42)36-48(44,45)17-13-15-34-37-33/h19-24,26-28H,10-18,32H2,1-9H3,(H,35,41)(H,36,42)/t20-,21+,22-,23-,24+,26-,27-,28+/m0/s1. The van der Waals surface area contributed by atoms with Crippen molar-refractivity contribution in [1.29, 1.82) is 0 Å². The number of ether oxygens (including phenoxy) is 2. The fraction of sp³-hybridized carbons (Fsp3) is 0.871. The molecule has 1 aliphatic heterocycles. The minimum absolute atomic E-state index is 0.00295. The van der Waals surface area contributed by atoms with E-state index >= 15 is 0 Å². The lowest BCUT2D eigenvalue weighted by molar-refractivity contribution is -0.146. The van der Waals surface area contributed by atoms with Crippen LogP contribution >= 0.6 is 0 Å². The summed E-state index contributed by atoms with van der Waals surface area (Å²) in [5.41, 5.74) is 14.5. The first-order valence-corrected chi connectivity index (χ1v) is 18.4. The molecule has 1 saturated heterocycles. The van der Waals surface area contributed by atoms with E-state index in [1.165, 1.54) is 14.2 Å². The Labute approximate surface area is 285 Å². The molecule has 1 heterocycles. The molecule has 0 unspecified atom stereocenters. The van der Waals surface area contributed by atoms with Gasteiger partial charge in [0.25, 0.3) is 5.91 Å². The fourth-order valence-corrected chi connectivity index (χ4v) is 7.19. The van der Waals surface area contributed by atoms with Crippen LogP contribution in [0.2, 0.25) is 0 Å². The topological polar surface area (TPSA) is 226 Å². The van der Waals surface area contributed by atoms with Crippen LogP contribution in [0.15, 0.2) is 5.11 Å². The predicted octanol–water partition coefficient (Wildman–Crippen LogP) is 1.93. The van der Waals surface area contributed by atoms with Gasteiger partial charge >= 0.3 is 0 Å². The number of methoxy groups -OCH3 is 2. The quantitative estimate of drug-likeness (QED) is 0.0686. The van der Waals surface area contributed by atoms with Gasteiger partial charge in [-0.15, -0.1) is 0 Å². The van der Waals surface area contributed by atoms with Crippen molar-refractivity contribution in [2.24, 2.45) is 28.6 Å². The van der Waals surface area contributed by atoms with Crippen LogP contribution in [0.3, 0.4) is 0 Å². The number of likely N-dealkylation sites (tertiary alicyclic amines) is 1. The summed E-state index contributed by atoms with van der Waals surface area (Å²) < 4.78 is 38.3. The van der Waals surface area contributed by atoms with E-state index in [0.717, 1.165) is 6.42 Å². The molecule has 17 heteroatoms. The minimum atomic E-state index is -4.01. The fourth-order valence-electron chi connectivity index (χ4n) is 6.13. The zero-order chi connectivity index (χ0) is 36.8. The predicted molar refractivity (Wildman–Crippen MR) is 182 cm³/mol. The summed E-state index contributed by atoms with van der Waals surface area (Å²) >= 11 is 0. The second-order valence-electron chi connectivity index (χ2n) is 12.9. The molecule has 0 radical (unpaired) electrons. The van der Waals surface area contributed by atoms with Crippen molar-refractivity contribution >= 4 is 33.7 Å². The molecular formula is C31H58N8O8S. The van der Waals surface area contributed by atoms with Crippen molar-refractivity contribution in [2.45, 2.75) is 116 Å². The second kappa shape index (κ2) is 20.5. The Kier molecular flexibility index (Phi) is 18.4. The molecule has 1 fully saturated rings. The summed E-state index contributed by atoms with van der Waals surface area (Å²) in [6, 6.07) is -2.67. The summed E-state index contributed by atoms with van der Waals surface area (Å²) in [7, 11) is 0.667. The van der Waals surface area contributed by atoms with Gasteiger partial charge in [-0.1, -0.05) is 53.1 Å². The van der Waals surface area contributed by atoms with Crippen LogP contribution in [0.25, 0.3) is 10.4 Å². The van der Waals surface area contributed by atoms with Gasteiger partial charge in [-0.25, -0.2) is 8.42 Å². The summed E-state index contributed by atoms with van der Waals surface area (Å²) in [5, 5.41) is 5.91. The van der Waals surface area contributed by atoms with Crippen LogP contribution in [-0.4, -0.2) is 118 Å². The molecule has 276 valence electrons. The number of rotatable bonds is 21. The molecule has 0 spiro atoms. The van der Waals surface area contributed by atoms with Crippen LogP contribution < -0.4 is 15.8 Å². The number of nitrogens with zero attached hydrogens (tertiary/aromatic N) is 5. The number of azide groups is 1. The normalized spacial score (nSPS) is 19.3. The number of sulfonamides is 1. The van der Waals surface area contributed by atoms with Crippen molar-refractivity contribution in [3.05, 3.63) is 10.4 Å². The number of nitrogens with one attached hydrogen (secondary N) is 2. The van der Waals surface area contributed by atoms with Gasteiger partial charge in [0.05, 0.1) is 48.4 Å². The van der Waals surface area contributed by atoms with E-state index in [2.05, 4.69) is 15.3 Å². The summed E-state index contributed by atoms with van der Waals surface area (Å²) in [6.07, 6.45) is 0.852. The van der Waals surface area contributed by atoms with E-state index in [0.29, 0.717) is 19.4 Å². The maximum atomic E-state index is 13.9. The number of carbonyl (C=O) groups is 4. The maximum Gasteiger partial charge on any atom is 0.255 e. The number of hydrogen-bond acceptors (Lipinski definition) is 10. The lowest BCUT2D eigenvalue weighted by Gasteiger charge is -2.40. The van der Waals surface area contributed by atoms with E-state index in [4.69, 9.17) is 20.7 Å². The highest BCUT2D eigenvalue weighted by Crippen LogP contribution is 2.29. The second-order valence-corrected chi connectivity index (χ2v) is 14.8. The first-order valence-electron chi connectivity index (χ1n) is 16.7. The van der Waals surface area contributed by atoms with Gasteiger partial charge in [-0.3, -0.25) is 23.9 Å². The highest BCUT2D eigenvalue weighted by Gasteiger charge is 2.42. The SMILES string of the molecule is CC[C@H](NC(=O)[C@H](C)[C@@H](OC)[C@@H]1CCCN1C(=O)C[C@@H](OC)[C@H]([C@@H](C)CC)N(C)C(=O)[C@@H](N)C(C)C)C(=O)NS(=O)(=O)CCCN=[N+]=[N-]. The first kappa shape index (κ1) is 43.0. The molecule has 0 aromatic rings. The van der Waals surface area contributed by atoms with Crippen LogP contribution in [0.1, 0.15) is 80.1 Å². The monoisotopic (exact) mass is 702 g/mol. The van der Waals surface area contributed by atoms with E-state index in [1.807, 2.05) is 32.4 Å². The summed E-state index contributed by atoms with van der Waals surface area (Å²) in [4.78, 5) is 59.1. The molecule has 0 aromatic heterocycles. The molecule has 4 N–H and O–H groups in total. The summed E-state index contributed by atoms with van der Waals surface area (Å²) in [5.74, 6) is -3.10. The molecule has 1 rings (SSSR count). The Balaban J connectivity index is 3.08. The number of amides is 4. The average molecular weight is 703 g/mol. The Morgan fingerprint density at radius 1 is 1.08 bits per heavy atom. The van der Waals surface area contributed by atoms with Crippen molar-refractivity contribution in [3.8, 4) is 0 Å². The van der Waals surface area contributed by atoms with Crippen LogP contribution in [0.4, 0.5) is 0 Å². The average Bonchev–Trinajstić information content (AvgIpc) is 3.53. The van der Waals surface area contributed by atoms with Crippen molar-refractivity contribution < 1.29 is 37.1 Å². The summed E-state index contributed by atoms with van der Waals surface area (Å²) in [6.45, 7) is 11.5. The first-order chi connectivity index (χ1) is 22.5. The molecule has 48 heavy (non-hydrogen) atoms. The molecule has 16 nitrogen and oxygen atoms in total. The van der Waals surface area contributed by atoms with E-state index in [1.54, 1.807) is 30.7 Å². The van der Waals surface area contributed by atoms with Gasteiger partial charge in [0.2, 0.25) is 27.7 Å². The highest BCUT2D eigenvalue weighted by atomic mass is 32.2. The van der Waals surface area contributed by atoms with Crippen LogP contribution in [0.5, 0.6) is 0 Å². The molecule has 8 atom stereocenters. The third-order valence-electron chi connectivity index (χ3n) is 9.29. The zero-order valence-electron chi connectivity index (χ0n) is 30.0. The molecule has 0 saturated carbocycles. The molecule has 1 aliphatic rings. The Bertz CT molecular complexity index is 1230. The number of carbonyl (C=O) groups excluding carboxylic acids is 4. The third-order valence-corrected chi connectivity index (χ3v) is 10.6. The third kappa shape index (κ3) is 12.2. The number of likely N-dealkylation sites (N-methyl/N-ethyl adjacent to an activating group) is 1. The maximum absolute atomic E-state index is 13.9. The van der Waals surface area contributed by atoms with Crippen LogP contribution in [-0.2, 0) is 38.7 Å². The highest BCUT2D eigenvalue weighted by molar-refractivity contribution is 7.90. The number of hydrogen-bond donors (Lipinski definition) is 3. The van der Waals surface area contributed by atoms with Gasteiger partial charge in [-0.05, 0) is 43.1 Å². The Morgan fingerprint density at radius 3 is 2.25 bits per heavy atom. The van der Waals surface area contributed by atoms with Crippen molar-refractivity contribution in [1.82, 2.24) is 19.8 Å². The van der Waals surface area contributed by atoms with Gasteiger partial charge in [0.15, 0.2) is 0 Å². The van der Waals surface area contributed by atoms with Crippen molar-refractivity contribution in [3.63, 3.8) is 0 Å². The smallest absolute Gasteiger partial charge is 0.255 e. The molecule has 4 amide bonds. The van der Waals surface area contributed by atoms with Gasteiger partial charge in [-0.2, -0.15) is 0 Å². The van der Waals surface area contributed by atoms with E-state index in [9.17, 15) is 27.6 Å². The lowest BCUT2D eigenvalue weighted by atomic mass is 9.89. The van der Waals surface area contributed by atoms with Crippen molar-refractivity contribution in [2.75, 3.05) is 40.1 Å². The van der Waals surface area contributed by atoms with E-state index < -0.39 is 69.9 Å². The Morgan fingerprint density at radius 2 is 1.73 bits per heavy atom. The largest absolute Gasteiger partial charge is 0.379 e. The molecule has 0 aliphatic carbocycles. The van der Waals surface area contributed by atoms with E-state index in [-0.39, 0.29) is 49.5 Å². The van der Waals surface area contributed by atoms with Gasteiger partial charge in [0.1, 0.15) is 6.04 Å². The lowest BCUT2D eigenvalue weighted by Crippen LogP contribution is -2.56. The molecule has 0 aromatic carbocycles. The Hall–Kier alpha value is -2.98. The number of nitrogens with two attached hydrogens (primary N) is 1. The molecule has 0 bridgehead atoms. The molecular weight excluding hydrogens is 644 g/mol.